The summed E-state index contributed by atoms with van der Waals surface area (Å²) in [5.41, 5.74) is 1.16. The molecule has 2 fully saturated rings. The van der Waals surface area contributed by atoms with Crippen LogP contribution < -0.4 is 0 Å². The van der Waals surface area contributed by atoms with Gasteiger partial charge in [0.05, 0.1) is 19.6 Å². The summed E-state index contributed by atoms with van der Waals surface area (Å²) in [5.74, 6) is 0.352. The molecule has 0 spiro atoms. The standard InChI is InChI=1S/C15H17ClO3/c16-13-7-14-12(11(13)6-15(17)19-14)9-18-8-10-4-2-1-3-5-10/h1-5,11-14H,6-9H2/t11-,12?,13-,14-/m0/s1. The third-order valence-corrected chi connectivity index (χ3v) is 4.56. The molecule has 1 aromatic carbocycles. The van der Waals surface area contributed by atoms with E-state index in [0.29, 0.717) is 19.6 Å². The fourth-order valence-corrected chi connectivity index (χ4v) is 3.51. The lowest BCUT2D eigenvalue weighted by Crippen LogP contribution is -2.36. The number of halogens is 1. The summed E-state index contributed by atoms with van der Waals surface area (Å²) in [7, 11) is 0. The molecular weight excluding hydrogens is 264 g/mol. The molecule has 1 aliphatic carbocycles. The van der Waals surface area contributed by atoms with E-state index in [1.807, 2.05) is 30.3 Å². The molecule has 1 saturated carbocycles. The van der Waals surface area contributed by atoms with E-state index in [1.165, 1.54) is 0 Å². The quantitative estimate of drug-likeness (QED) is 0.628. The normalized spacial score (nSPS) is 33.2. The van der Waals surface area contributed by atoms with Crippen molar-refractivity contribution >= 4 is 17.6 Å². The van der Waals surface area contributed by atoms with Gasteiger partial charge in [0.15, 0.2) is 0 Å². The minimum atomic E-state index is -0.113. The highest BCUT2D eigenvalue weighted by atomic mass is 35.5. The van der Waals surface area contributed by atoms with Crippen molar-refractivity contribution in [3.63, 3.8) is 0 Å². The second kappa shape index (κ2) is 5.51. The number of hydrogen-bond acceptors (Lipinski definition) is 3. The summed E-state index contributed by atoms with van der Waals surface area (Å²) < 4.78 is 11.1. The molecular formula is C15H17ClO3. The van der Waals surface area contributed by atoms with Crippen molar-refractivity contribution in [3.8, 4) is 0 Å². The topological polar surface area (TPSA) is 35.5 Å². The third kappa shape index (κ3) is 2.77. The van der Waals surface area contributed by atoms with E-state index in [1.54, 1.807) is 0 Å². The Morgan fingerprint density at radius 2 is 2.11 bits per heavy atom. The van der Waals surface area contributed by atoms with Gasteiger partial charge >= 0.3 is 5.97 Å². The highest BCUT2D eigenvalue weighted by Crippen LogP contribution is 2.43. The van der Waals surface area contributed by atoms with Crippen LogP contribution in [0.3, 0.4) is 0 Å². The number of benzene rings is 1. The van der Waals surface area contributed by atoms with Gasteiger partial charge in [-0.3, -0.25) is 4.79 Å². The Morgan fingerprint density at radius 3 is 2.84 bits per heavy atom. The number of alkyl halides is 1. The van der Waals surface area contributed by atoms with Crippen molar-refractivity contribution in [3.05, 3.63) is 35.9 Å². The molecule has 0 N–H and O–H groups in total. The first kappa shape index (κ1) is 12.9. The fraction of sp³-hybridized carbons (Fsp3) is 0.533. The van der Waals surface area contributed by atoms with Gasteiger partial charge in [-0.25, -0.2) is 0 Å². The van der Waals surface area contributed by atoms with Crippen LogP contribution in [-0.4, -0.2) is 24.1 Å². The molecule has 2 bridgehead atoms. The third-order valence-electron chi connectivity index (χ3n) is 4.06. The molecule has 2 aliphatic rings. The summed E-state index contributed by atoms with van der Waals surface area (Å²) in [6, 6.07) is 10.1. The summed E-state index contributed by atoms with van der Waals surface area (Å²) >= 11 is 6.28. The first-order chi connectivity index (χ1) is 9.24. The Kier molecular flexibility index (Phi) is 3.76. The van der Waals surface area contributed by atoms with E-state index in [0.717, 1.165) is 12.0 Å². The highest BCUT2D eigenvalue weighted by molar-refractivity contribution is 6.21. The van der Waals surface area contributed by atoms with Crippen molar-refractivity contribution in [2.75, 3.05) is 6.61 Å². The van der Waals surface area contributed by atoms with Gasteiger partial charge in [-0.15, -0.1) is 11.6 Å². The van der Waals surface area contributed by atoms with E-state index in [9.17, 15) is 4.79 Å². The van der Waals surface area contributed by atoms with Gasteiger partial charge in [-0.2, -0.15) is 0 Å². The fourth-order valence-electron chi connectivity index (χ4n) is 3.06. The largest absolute Gasteiger partial charge is 0.462 e. The minimum absolute atomic E-state index is 0.0433. The second-order valence-corrected chi connectivity index (χ2v) is 5.87. The van der Waals surface area contributed by atoms with Crippen LogP contribution in [0.4, 0.5) is 0 Å². The number of esters is 1. The zero-order valence-electron chi connectivity index (χ0n) is 10.6. The average molecular weight is 281 g/mol. The molecule has 0 amide bonds. The van der Waals surface area contributed by atoms with Crippen molar-refractivity contribution in [1.29, 1.82) is 0 Å². The molecule has 4 heteroatoms. The molecule has 0 radical (unpaired) electrons. The van der Waals surface area contributed by atoms with Gasteiger partial charge in [0, 0.05) is 17.7 Å². The van der Waals surface area contributed by atoms with Crippen LogP contribution in [-0.2, 0) is 20.9 Å². The van der Waals surface area contributed by atoms with E-state index in [-0.39, 0.29) is 29.3 Å². The maximum Gasteiger partial charge on any atom is 0.306 e. The van der Waals surface area contributed by atoms with Crippen LogP contribution in [0.15, 0.2) is 30.3 Å². The Morgan fingerprint density at radius 1 is 1.32 bits per heavy atom. The van der Waals surface area contributed by atoms with Crippen LogP contribution in [0.2, 0.25) is 0 Å². The summed E-state index contributed by atoms with van der Waals surface area (Å²) in [6.45, 7) is 1.21. The molecule has 3 nitrogen and oxygen atoms in total. The monoisotopic (exact) mass is 280 g/mol. The molecule has 1 saturated heterocycles. The number of carbonyl (C=O) groups is 1. The molecule has 3 rings (SSSR count). The highest BCUT2D eigenvalue weighted by Gasteiger charge is 2.49. The smallest absolute Gasteiger partial charge is 0.306 e. The van der Waals surface area contributed by atoms with Gasteiger partial charge in [-0.05, 0) is 11.5 Å². The molecule has 102 valence electrons. The lowest BCUT2D eigenvalue weighted by molar-refractivity contribution is -0.160. The zero-order valence-corrected chi connectivity index (χ0v) is 11.4. The summed E-state index contributed by atoms with van der Waals surface area (Å²) in [6.07, 6.45) is 1.14. The van der Waals surface area contributed by atoms with Crippen LogP contribution >= 0.6 is 11.6 Å². The molecule has 1 heterocycles. The van der Waals surface area contributed by atoms with Crippen molar-refractivity contribution in [2.24, 2.45) is 11.8 Å². The second-order valence-electron chi connectivity index (χ2n) is 5.31. The summed E-state index contributed by atoms with van der Waals surface area (Å²) in [5, 5.41) is 0.0433. The predicted octanol–water partition coefficient (Wildman–Crippen LogP) is 2.76. The molecule has 19 heavy (non-hydrogen) atoms. The maximum atomic E-state index is 11.4. The van der Waals surface area contributed by atoms with Gasteiger partial charge in [-0.1, -0.05) is 30.3 Å². The Hall–Kier alpha value is -1.06. The van der Waals surface area contributed by atoms with E-state index < -0.39 is 0 Å². The number of rotatable bonds is 4. The minimum Gasteiger partial charge on any atom is -0.462 e. The van der Waals surface area contributed by atoms with Crippen molar-refractivity contribution < 1.29 is 14.3 Å². The van der Waals surface area contributed by atoms with Crippen LogP contribution in [0.1, 0.15) is 18.4 Å². The van der Waals surface area contributed by atoms with E-state index >= 15 is 0 Å². The Labute approximate surface area is 117 Å². The number of fused-ring (bicyclic) bond motifs is 2. The lowest BCUT2D eigenvalue weighted by atomic mass is 9.90. The average Bonchev–Trinajstić information content (AvgIpc) is 2.59. The number of hydrogen-bond donors (Lipinski definition) is 0. The van der Waals surface area contributed by atoms with Crippen LogP contribution in [0.5, 0.6) is 0 Å². The van der Waals surface area contributed by atoms with Crippen molar-refractivity contribution in [2.45, 2.75) is 30.9 Å². The van der Waals surface area contributed by atoms with Gasteiger partial charge in [0.25, 0.3) is 0 Å². The maximum absolute atomic E-state index is 11.4. The lowest BCUT2D eigenvalue weighted by Gasteiger charge is -2.29. The number of carbonyl (C=O) groups excluding carboxylic acids is 1. The first-order valence-electron chi connectivity index (χ1n) is 6.69. The van der Waals surface area contributed by atoms with Crippen molar-refractivity contribution in [1.82, 2.24) is 0 Å². The predicted molar refractivity (Wildman–Crippen MR) is 71.8 cm³/mol. The van der Waals surface area contributed by atoms with E-state index in [2.05, 4.69) is 0 Å². The molecule has 1 aliphatic heterocycles. The Balaban J connectivity index is 1.55. The zero-order chi connectivity index (χ0) is 13.2. The molecule has 1 unspecified atom stereocenters. The number of ether oxygens (including phenoxy) is 2. The van der Waals surface area contributed by atoms with E-state index in [4.69, 9.17) is 21.1 Å². The van der Waals surface area contributed by atoms with Crippen LogP contribution in [0, 0.1) is 11.8 Å². The van der Waals surface area contributed by atoms with Crippen LogP contribution in [0.25, 0.3) is 0 Å². The SMILES string of the molecule is O=C1C[C@H]2C(COCc3ccccc3)[C@H](C[C@@H]2Cl)O1. The van der Waals surface area contributed by atoms with Gasteiger partial charge in [0.1, 0.15) is 6.10 Å². The molecule has 4 atom stereocenters. The summed E-state index contributed by atoms with van der Waals surface area (Å²) in [4.78, 5) is 11.4. The Bertz CT molecular complexity index is 448. The molecule has 1 aromatic rings. The first-order valence-corrected chi connectivity index (χ1v) is 7.13. The van der Waals surface area contributed by atoms with Gasteiger partial charge in [0.2, 0.25) is 0 Å². The van der Waals surface area contributed by atoms with Gasteiger partial charge < -0.3 is 9.47 Å². The molecule has 0 aromatic heterocycles.